The molecule has 3 aromatic carbocycles. The van der Waals surface area contributed by atoms with Crippen molar-refractivity contribution in [1.29, 1.82) is 0 Å². The molecule has 0 aliphatic rings. The number of nitrogens with one attached hydrogen (secondary N) is 1. The van der Waals surface area contributed by atoms with Crippen molar-refractivity contribution in [2.75, 3.05) is 20.6 Å². The number of benzene rings is 3. The fraction of sp³-hybridized carbons (Fsp3) is 0.238. The van der Waals surface area contributed by atoms with Crippen LogP contribution in [-0.4, -0.2) is 20.6 Å². The van der Waals surface area contributed by atoms with E-state index < -0.39 is 0 Å². The molecule has 1 atom stereocenters. The van der Waals surface area contributed by atoms with Gasteiger partial charge >= 0.3 is 0 Å². The zero-order chi connectivity index (χ0) is 16.1. The Morgan fingerprint density at radius 3 is 2.25 bits per heavy atom. The minimum Gasteiger partial charge on any atom is -1.00 e. The van der Waals surface area contributed by atoms with Gasteiger partial charge in [-0.1, -0.05) is 66.7 Å². The van der Waals surface area contributed by atoms with Crippen molar-refractivity contribution < 1.29 is 26.6 Å². The summed E-state index contributed by atoms with van der Waals surface area (Å²) in [5.74, 6) is 0.964. The van der Waals surface area contributed by atoms with Crippen molar-refractivity contribution in [3.63, 3.8) is 0 Å². The number of ether oxygens (including phenoxy) is 1. The number of fused-ring (bicyclic) bond motifs is 1. The summed E-state index contributed by atoms with van der Waals surface area (Å²) in [6.07, 6.45) is 1.08. The quantitative estimate of drug-likeness (QED) is 0.652. The van der Waals surface area contributed by atoms with Crippen LogP contribution in [0, 0.1) is 0 Å². The van der Waals surface area contributed by atoms with Gasteiger partial charge in [0.05, 0.1) is 20.6 Å². The Morgan fingerprint density at radius 2 is 1.50 bits per heavy atom. The molecule has 0 spiro atoms. The Morgan fingerprint density at radius 1 is 0.833 bits per heavy atom. The molecule has 126 valence electrons. The summed E-state index contributed by atoms with van der Waals surface area (Å²) in [7, 11) is 4.36. The third-order valence-electron chi connectivity index (χ3n) is 4.10. The zero-order valence-corrected chi connectivity index (χ0v) is 15.8. The highest BCUT2D eigenvalue weighted by atomic mass is 79.9. The summed E-state index contributed by atoms with van der Waals surface area (Å²) in [6.45, 7) is 1.07. The number of hydrogen-bond donors (Lipinski definition) is 1. The molecule has 0 heterocycles. The maximum absolute atomic E-state index is 6.45. The van der Waals surface area contributed by atoms with Crippen LogP contribution in [0.1, 0.15) is 18.1 Å². The molecule has 3 heteroatoms. The first-order valence-electron chi connectivity index (χ1n) is 8.22. The largest absolute Gasteiger partial charge is 1.00 e. The van der Waals surface area contributed by atoms with E-state index in [1.54, 1.807) is 0 Å². The van der Waals surface area contributed by atoms with Gasteiger partial charge in [-0.05, 0) is 17.0 Å². The van der Waals surface area contributed by atoms with Crippen molar-refractivity contribution in [3.8, 4) is 5.75 Å². The van der Waals surface area contributed by atoms with E-state index in [2.05, 4.69) is 86.9 Å². The molecule has 3 rings (SSSR count). The lowest BCUT2D eigenvalue weighted by Gasteiger charge is -2.21. The van der Waals surface area contributed by atoms with Crippen molar-refractivity contribution in [2.45, 2.75) is 12.5 Å². The molecule has 0 saturated heterocycles. The normalized spacial score (nSPS) is 12.0. The maximum Gasteiger partial charge on any atom is 0.129 e. The average molecular weight is 386 g/mol. The predicted octanol–water partition coefficient (Wildman–Crippen LogP) is 0.499. The van der Waals surface area contributed by atoms with Crippen molar-refractivity contribution in [2.24, 2.45) is 0 Å². The molecular weight excluding hydrogens is 362 g/mol. The Bertz CT molecular complexity index is 753. The maximum atomic E-state index is 6.45. The number of halogens is 1. The third-order valence-corrected chi connectivity index (χ3v) is 4.10. The van der Waals surface area contributed by atoms with Gasteiger partial charge in [0.15, 0.2) is 0 Å². The summed E-state index contributed by atoms with van der Waals surface area (Å²) >= 11 is 0. The highest BCUT2D eigenvalue weighted by Crippen LogP contribution is 2.30. The number of rotatable bonds is 6. The van der Waals surface area contributed by atoms with E-state index in [1.807, 2.05) is 0 Å². The van der Waals surface area contributed by atoms with Gasteiger partial charge in [-0.15, -0.1) is 0 Å². The Balaban J connectivity index is 0.00000208. The van der Waals surface area contributed by atoms with Gasteiger partial charge in [0.2, 0.25) is 0 Å². The predicted molar refractivity (Wildman–Crippen MR) is 96.1 cm³/mol. The smallest absolute Gasteiger partial charge is 0.129 e. The first kappa shape index (κ1) is 18.5. The first-order chi connectivity index (χ1) is 11.2. The minimum atomic E-state index is 0. The van der Waals surface area contributed by atoms with Crippen molar-refractivity contribution in [3.05, 3.63) is 78.4 Å². The molecule has 0 amide bonds. The minimum absolute atomic E-state index is 0. The summed E-state index contributed by atoms with van der Waals surface area (Å²) in [4.78, 5) is 1.44. The molecule has 0 radical (unpaired) electrons. The van der Waals surface area contributed by atoms with Crippen LogP contribution in [-0.2, 0) is 0 Å². The summed E-state index contributed by atoms with van der Waals surface area (Å²) in [5.41, 5.74) is 1.24. The molecule has 3 aromatic rings. The monoisotopic (exact) mass is 385 g/mol. The van der Waals surface area contributed by atoms with Crippen LogP contribution in [0.25, 0.3) is 10.8 Å². The van der Waals surface area contributed by atoms with Crippen LogP contribution < -0.4 is 26.6 Å². The van der Waals surface area contributed by atoms with Crippen LogP contribution in [0.4, 0.5) is 0 Å². The number of hydrogen-bond acceptors (Lipinski definition) is 1. The van der Waals surface area contributed by atoms with Crippen LogP contribution in [0.5, 0.6) is 5.75 Å². The van der Waals surface area contributed by atoms with E-state index in [9.17, 15) is 0 Å². The second kappa shape index (κ2) is 8.86. The Kier molecular flexibility index (Phi) is 6.83. The average Bonchev–Trinajstić information content (AvgIpc) is 2.59. The Hall–Kier alpha value is -1.84. The summed E-state index contributed by atoms with van der Waals surface area (Å²) in [6, 6.07) is 25.2. The van der Waals surface area contributed by atoms with Gasteiger partial charge in [-0.25, -0.2) is 0 Å². The topological polar surface area (TPSA) is 13.7 Å². The zero-order valence-electron chi connectivity index (χ0n) is 14.2. The fourth-order valence-corrected chi connectivity index (χ4v) is 2.83. The van der Waals surface area contributed by atoms with E-state index >= 15 is 0 Å². The van der Waals surface area contributed by atoms with Crippen molar-refractivity contribution >= 4 is 10.8 Å². The molecule has 0 fully saturated rings. The number of quaternary nitrogens is 1. The fourth-order valence-electron chi connectivity index (χ4n) is 2.83. The van der Waals surface area contributed by atoms with Gasteiger partial charge in [0.1, 0.15) is 11.9 Å². The second-order valence-electron chi connectivity index (χ2n) is 6.24. The molecule has 1 N–H and O–H groups in total. The van der Waals surface area contributed by atoms with Crippen molar-refractivity contribution in [1.82, 2.24) is 0 Å². The lowest BCUT2D eigenvalue weighted by Crippen LogP contribution is -3.05. The molecule has 0 aliphatic carbocycles. The molecule has 24 heavy (non-hydrogen) atoms. The van der Waals surface area contributed by atoms with Gasteiger partial charge in [-0.2, -0.15) is 0 Å². The SMILES string of the molecule is C[NH+](C)CCC(Oc1cccc2ccccc12)c1ccccc1.[Br-]. The van der Waals surface area contributed by atoms with Crippen LogP contribution in [0.3, 0.4) is 0 Å². The molecule has 1 unspecified atom stereocenters. The molecule has 0 aliphatic heterocycles. The summed E-state index contributed by atoms with van der Waals surface area (Å²) in [5, 5.41) is 2.39. The third kappa shape index (κ3) is 4.59. The van der Waals surface area contributed by atoms with Gasteiger partial charge in [-0.3, -0.25) is 0 Å². The Labute approximate surface area is 154 Å². The van der Waals surface area contributed by atoms with E-state index in [4.69, 9.17) is 4.74 Å². The first-order valence-corrected chi connectivity index (χ1v) is 8.22. The van der Waals surface area contributed by atoms with Crippen LogP contribution >= 0.6 is 0 Å². The second-order valence-corrected chi connectivity index (χ2v) is 6.24. The molecule has 0 saturated carbocycles. The van der Waals surface area contributed by atoms with E-state index in [0.717, 1.165) is 18.7 Å². The van der Waals surface area contributed by atoms with Gasteiger partial charge in [0, 0.05) is 11.8 Å². The van der Waals surface area contributed by atoms with E-state index in [-0.39, 0.29) is 23.1 Å². The molecule has 2 nitrogen and oxygen atoms in total. The lowest BCUT2D eigenvalue weighted by atomic mass is 10.1. The lowest BCUT2D eigenvalue weighted by molar-refractivity contribution is -0.858. The summed E-state index contributed by atoms with van der Waals surface area (Å²) < 4.78 is 6.45. The highest BCUT2D eigenvalue weighted by molar-refractivity contribution is 5.88. The van der Waals surface area contributed by atoms with Gasteiger partial charge in [0.25, 0.3) is 0 Å². The molecule has 0 aromatic heterocycles. The standard InChI is InChI=1S/C21H23NO.BrH/c1-22(2)16-15-20(18-10-4-3-5-11-18)23-21-14-8-12-17-9-6-7-13-19(17)21;/h3-14,20H,15-16H2,1-2H3;1H. The van der Waals surface area contributed by atoms with Crippen LogP contribution in [0.2, 0.25) is 0 Å². The van der Waals surface area contributed by atoms with Crippen LogP contribution in [0.15, 0.2) is 72.8 Å². The molecular formula is C21H24BrNO. The highest BCUT2D eigenvalue weighted by Gasteiger charge is 2.16. The van der Waals surface area contributed by atoms with E-state index in [1.165, 1.54) is 21.2 Å². The van der Waals surface area contributed by atoms with E-state index in [0.29, 0.717) is 0 Å². The molecule has 0 bridgehead atoms. The van der Waals surface area contributed by atoms with Gasteiger partial charge < -0.3 is 26.6 Å².